The van der Waals surface area contributed by atoms with E-state index in [1.807, 2.05) is 51.2 Å². The first-order valence-electron chi connectivity index (χ1n) is 24.6. The molecule has 3 aliphatic heterocycles. The minimum Gasteiger partial charge on any atom is -0.460 e. The number of hydrogen-bond acceptors (Lipinski definition) is 14. The summed E-state index contributed by atoms with van der Waals surface area (Å²) in [5.41, 5.74) is 1.11. The summed E-state index contributed by atoms with van der Waals surface area (Å²) in [5.74, 6) is -8.59. The number of methoxy groups -OCH3 is 2. The quantitative estimate of drug-likeness (QED) is 0.134. The van der Waals surface area contributed by atoms with Crippen molar-refractivity contribution in [1.82, 2.24) is 4.90 Å². The molecule has 4 aliphatic rings. The standard InChI is InChI=1S/C52H81NO14/c1-31-15-11-10-12-16-32(2)43(63-8)29-39-20-18-37(7)52(62,67-39)49(59)50(60)53-22-14-13-17-40(53)51(61)66-44(34(4)27-38-19-21-42(65-24-23-54)45(28-38)64-9)30-41(55)33(3)26-36(6)47(57)48(58)46(56)35(5)25-31/h10-12,15-16,26,31,33-35,37-40,42-45,47-48,54,57-58,62H,13-14,17-25,27-30H2,1-9H3/b12-10+,15-11+,32-16+,36-26+/t31-,33-,34-,35-,37-,38+,39+,40+,42-,43+,44+,45-,47-,48+,52-/m1/s1. The van der Waals surface area contributed by atoms with Crippen LogP contribution in [0.2, 0.25) is 0 Å². The first-order chi connectivity index (χ1) is 31.7. The van der Waals surface area contributed by atoms with Gasteiger partial charge in [-0.05, 0) is 107 Å². The molecular weight excluding hydrogens is 863 g/mol. The van der Waals surface area contributed by atoms with Crippen LogP contribution in [0.25, 0.3) is 0 Å². The van der Waals surface area contributed by atoms with E-state index in [2.05, 4.69) is 0 Å². The summed E-state index contributed by atoms with van der Waals surface area (Å²) in [5, 5.41) is 43.5. The van der Waals surface area contributed by atoms with E-state index < -0.39 is 83.5 Å². The lowest BCUT2D eigenvalue weighted by Gasteiger charge is -2.42. The van der Waals surface area contributed by atoms with Gasteiger partial charge in [-0.25, -0.2) is 4.79 Å². The van der Waals surface area contributed by atoms with Crippen molar-refractivity contribution < 1.29 is 68.1 Å². The normalized spacial score (nSPS) is 39.6. The SMILES string of the molecule is CO[C@H]1C[C@@H]2CC[C@@H](C)[C@@](O)(O2)C(=O)C(=O)N2CCCC[C@H]2C(=O)O[C@H]([C@H](C)C[C@@H]2CC[C@@H](OCCO)[C@H](OC)C2)CC(=O)[C@H](C)/C=C(\C)[C@@H](O)[C@@H](O)C(=O)[C@H](C)C[C@H](C)/C=C/C=C/C=C/1C. The summed E-state index contributed by atoms with van der Waals surface area (Å²) < 4.78 is 29.9. The largest absolute Gasteiger partial charge is 0.460 e. The van der Waals surface area contributed by atoms with Gasteiger partial charge in [-0.3, -0.25) is 19.2 Å². The van der Waals surface area contributed by atoms with E-state index in [4.69, 9.17) is 23.7 Å². The second-order valence-corrected chi connectivity index (χ2v) is 19.9. The Morgan fingerprint density at radius 2 is 1.58 bits per heavy atom. The van der Waals surface area contributed by atoms with Crippen LogP contribution in [0, 0.1) is 35.5 Å². The maximum absolute atomic E-state index is 14.4. The molecule has 0 radical (unpaired) electrons. The van der Waals surface area contributed by atoms with Crippen molar-refractivity contribution in [3.63, 3.8) is 0 Å². The number of cyclic esters (lactones) is 1. The number of ether oxygens (including phenoxy) is 5. The molecule has 2 saturated heterocycles. The molecule has 67 heavy (non-hydrogen) atoms. The molecule has 4 rings (SSSR count). The number of carbonyl (C=O) groups is 5. The average molecular weight is 944 g/mol. The van der Waals surface area contributed by atoms with Gasteiger partial charge in [0.25, 0.3) is 11.7 Å². The maximum atomic E-state index is 14.4. The second-order valence-electron chi connectivity index (χ2n) is 19.9. The Kier molecular flexibility index (Phi) is 22.3. The third kappa shape index (κ3) is 15.3. The first kappa shape index (κ1) is 56.2. The molecule has 2 bridgehead atoms. The number of allylic oxidation sites excluding steroid dienone is 6. The number of nitrogens with zero attached hydrogens (tertiary/aromatic N) is 1. The molecule has 4 N–H and O–H groups in total. The van der Waals surface area contributed by atoms with E-state index in [9.17, 15) is 44.4 Å². The van der Waals surface area contributed by atoms with Crippen molar-refractivity contribution in [2.24, 2.45) is 35.5 Å². The number of piperidine rings is 1. The summed E-state index contributed by atoms with van der Waals surface area (Å²) in [6.07, 6.45) is 10.6. The highest BCUT2D eigenvalue weighted by Gasteiger charge is 2.53. The summed E-state index contributed by atoms with van der Waals surface area (Å²) in [6.45, 7) is 12.5. The summed E-state index contributed by atoms with van der Waals surface area (Å²) >= 11 is 0. The van der Waals surface area contributed by atoms with Crippen LogP contribution in [0.4, 0.5) is 0 Å². The number of fused-ring (bicyclic) bond motifs is 3. The molecule has 1 amide bonds. The molecule has 0 aromatic heterocycles. The van der Waals surface area contributed by atoms with Crippen molar-refractivity contribution in [3.05, 3.63) is 47.6 Å². The number of amides is 1. The van der Waals surface area contributed by atoms with Crippen molar-refractivity contribution in [2.45, 2.75) is 180 Å². The Balaban J connectivity index is 1.68. The molecule has 15 heteroatoms. The topological polar surface area (TPSA) is 216 Å². The lowest BCUT2D eigenvalue weighted by atomic mass is 9.78. The average Bonchev–Trinajstić information content (AvgIpc) is 3.31. The van der Waals surface area contributed by atoms with E-state index in [0.29, 0.717) is 57.8 Å². The van der Waals surface area contributed by atoms with Gasteiger partial charge >= 0.3 is 5.97 Å². The van der Waals surface area contributed by atoms with Crippen LogP contribution >= 0.6 is 0 Å². The smallest absolute Gasteiger partial charge is 0.329 e. The van der Waals surface area contributed by atoms with E-state index >= 15 is 0 Å². The van der Waals surface area contributed by atoms with Crippen molar-refractivity contribution in [1.29, 1.82) is 0 Å². The second kappa shape index (κ2) is 26.5. The van der Waals surface area contributed by atoms with Gasteiger partial charge in [-0.2, -0.15) is 0 Å². The highest BCUT2D eigenvalue weighted by molar-refractivity contribution is 6.39. The molecule has 1 aliphatic carbocycles. The molecular formula is C52H81NO14. The predicted molar refractivity (Wildman–Crippen MR) is 251 cm³/mol. The maximum Gasteiger partial charge on any atom is 0.329 e. The van der Waals surface area contributed by atoms with Crippen molar-refractivity contribution >= 4 is 29.2 Å². The molecule has 0 unspecified atom stereocenters. The monoisotopic (exact) mass is 944 g/mol. The fourth-order valence-electron chi connectivity index (χ4n) is 10.3. The number of rotatable bonds is 8. The van der Waals surface area contributed by atoms with E-state index in [1.54, 1.807) is 41.9 Å². The third-order valence-electron chi connectivity index (χ3n) is 14.6. The molecule has 378 valence electrons. The van der Waals surface area contributed by atoms with Crippen LogP contribution in [0.3, 0.4) is 0 Å². The number of ketones is 3. The number of carbonyl (C=O) groups excluding carboxylic acids is 5. The first-order valence-corrected chi connectivity index (χ1v) is 24.6. The fraction of sp³-hybridized carbons (Fsp3) is 0.750. The highest BCUT2D eigenvalue weighted by atomic mass is 16.6. The van der Waals surface area contributed by atoms with E-state index in [1.165, 1.54) is 11.0 Å². The van der Waals surface area contributed by atoms with Gasteiger partial charge in [0.2, 0.25) is 5.79 Å². The summed E-state index contributed by atoms with van der Waals surface area (Å²) in [4.78, 5) is 71.6. The summed E-state index contributed by atoms with van der Waals surface area (Å²) in [6, 6.07) is -1.16. The predicted octanol–water partition coefficient (Wildman–Crippen LogP) is 5.54. The van der Waals surface area contributed by atoms with Crippen LogP contribution in [0.5, 0.6) is 0 Å². The minimum atomic E-state index is -2.44. The fourth-order valence-corrected chi connectivity index (χ4v) is 10.3. The molecule has 3 heterocycles. The number of hydrogen-bond donors (Lipinski definition) is 4. The Bertz CT molecular complexity index is 1790. The third-order valence-corrected chi connectivity index (χ3v) is 14.6. The van der Waals surface area contributed by atoms with Gasteiger partial charge in [0, 0.05) is 51.4 Å². The lowest BCUT2D eigenvalue weighted by Crippen LogP contribution is -2.61. The summed E-state index contributed by atoms with van der Waals surface area (Å²) in [7, 11) is 3.18. The zero-order valence-electron chi connectivity index (χ0n) is 41.5. The number of aliphatic hydroxyl groups excluding tert-OH is 3. The van der Waals surface area contributed by atoms with Crippen LogP contribution in [0.1, 0.15) is 126 Å². The highest BCUT2D eigenvalue weighted by Crippen LogP contribution is 2.38. The zero-order chi connectivity index (χ0) is 49.6. The minimum absolute atomic E-state index is 0.0400. The van der Waals surface area contributed by atoms with Gasteiger partial charge in [-0.1, -0.05) is 71.1 Å². The molecule has 0 spiro atoms. The molecule has 15 nitrogen and oxygen atoms in total. The van der Waals surface area contributed by atoms with Crippen LogP contribution in [-0.2, 0) is 47.7 Å². The molecule has 3 fully saturated rings. The number of esters is 1. The van der Waals surface area contributed by atoms with Crippen LogP contribution < -0.4 is 0 Å². The Morgan fingerprint density at radius 3 is 2.27 bits per heavy atom. The Labute approximate surface area is 398 Å². The lowest BCUT2D eigenvalue weighted by molar-refractivity contribution is -0.265. The molecule has 0 aromatic rings. The van der Waals surface area contributed by atoms with Gasteiger partial charge in [0.05, 0.1) is 37.6 Å². The molecule has 0 aromatic carbocycles. The van der Waals surface area contributed by atoms with Gasteiger partial charge in [0.1, 0.15) is 30.1 Å². The molecule has 15 atom stereocenters. The molecule has 1 saturated carbocycles. The van der Waals surface area contributed by atoms with Gasteiger partial charge < -0.3 is 49.0 Å². The van der Waals surface area contributed by atoms with E-state index in [-0.39, 0.29) is 73.9 Å². The number of aliphatic hydroxyl groups is 4. The van der Waals surface area contributed by atoms with Crippen LogP contribution in [0.15, 0.2) is 47.6 Å². The Hall–Kier alpha value is -3.41. The van der Waals surface area contributed by atoms with Crippen molar-refractivity contribution in [2.75, 3.05) is 34.0 Å². The van der Waals surface area contributed by atoms with Gasteiger partial charge in [-0.15, -0.1) is 0 Å². The van der Waals surface area contributed by atoms with Crippen molar-refractivity contribution in [3.8, 4) is 0 Å². The number of Topliss-reactive ketones (excluding diaryl/α,β-unsaturated/α-hetero) is 3. The zero-order valence-corrected chi connectivity index (χ0v) is 41.5. The van der Waals surface area contributed by atoms with E-state index in [0.717, 1.165) is 12.0 Å². The Morgan fingerprint density at radius 1 is 0.851 bits per heavy atom. The van der Waals surface area contributed by atoms with Gasteiger partial charge in [0.15, 0.2) is 5.78 Å². The van der Waals surface area contributed by atoms with Crippen LogP contribution in [-0.4, -0.2) is 143 Å².